The predicted molar refractivity (Wildman–Crippen MR) is 54.5 cm³/mol. The highest BCUT2D eigenvalue weighted by molar-refractivity contribution is 5.91. The summed E-state index contributed by atoms with van der Waals surface area (Å²) < 4.78 is 5.27. The van der Waals surface area contributed by atoms with Crippen LogP contribution in [0.4, 0.5) is 0 Å². The summed E-state index contributed by atoms with van der Waals surface area (Å²) in [6.45, 7) is 3.32. The summed E-state index contributed by atoms with van der Waals surface area (Å²) in [5, 5.41) is 8.98. The summed E-state index contributed by atoms with van der Waals surface area (Å²) in [6.07, 6.45) is 0.877. The lowest BCUT2D eigenvalue weighted by Gasteiger charge is -2.14. The van der Waals surface area contributed by atoms with Gasteiger partial charge in [0.25, 0.3) is 5.91 Å². The van der Waals surface area contributed by atoms with Gasteiger partial charge in [-0.1, -0.05) is 0 Å². The Labute approximate surface area is 88.5 Å². The number of aliphatic hydroxyl groups excluding tert-OH is 1. The molecule has 0 aliphatic carbocycles. The summed E-state index contributed by atoms with van der Waals surface area (Å²) >= 11 is 0. The first-order valence-electron chi connectivity index (χ1n) is 5.17. The smallest absolute Gasteiger partial charge is 0.289 e. The largest absolute Gasteiger partial charge is 0.456 e. The van der Waals surface area contributed by atoms with Crippen molar-refractivity contribution >= 4 is 5.91 Å². The fourth-order valence-electron chi connectivity index (χ4n) is 1.87. The number of aliphatic hydroxyl groups is 1. The second kappa shape index (κ2) is 4.06. The molecule has 1 atom stereocenters. The van der Waals surface area contributed by atoms with E-state index in [1.54, 1.807) is 17.0 Å². The summed E-state index contributed by atoms with van der Waals surface area (Å²) in [4.78, 5) is 13.6. The van der Waals surface area contributed by atoms with Crippen molar-refractivity contribution in [2.75, 3.05) is 19.7 Å². The molecule has 1 aromatic heterocycles. The quantitative estimate of drug-likeness (QED) is 0.791. The monoisotopic (exact) mass is 209 g/mol. The lowest BCUT2D eigenvalue weighted by atomic mass is 10.1. The van der Waals surface area contributed by atoms with E-state index in [0.717, 1.165) is 12.2 Å². The number of aryl methyl sites for hydroxylation is 1. The van der Waals surface area contributed by atoms with E-state index in [0.29, 0.717) is 18.8 Å². The maximum absolute atomic E-state index is 11.9. The molecule has 4 heteroatoms. The lowest BCUT2D eigenvalue weighted by Crippen LogP contribution is -2.28. The highest BCUT2D eigenvalue weighted by Crippen LogP contribution is 2.19. The third-order valence-corrected chi connectivity index (χ3v) is 2.78. The van der Waals surface area contributed by atoms with E-state index < -0.39 is 0 Å². The number of likely N-dealkylation sites (tertiary alicyclic amines) is 1. The minimum Gasteiger partial charge on any atom is -0.456 e. The van der Waals surface area contributed by atoms with Gasteiger partial charge in [-0.3, -0.25) is 4.79 Å². The van der Waals surface area contributed by atoms with Crippen LogP contribution < -0.4 is 0 Å². The molecule has 1 amide bonds. The van der Waals surface area contributed by atoms with Crippen LogP contribution in [0.1, 0.15) is 22.7 Å². The van der Waals surface area contributed by atoms with Crippen LogP contribution in [0, 0.1) is 12.8 Å². The number of carbonyl (C=O) groups is 1. The molecule has 2 heterocycles. The van der Waals surface area contributed by atoms with Gasteiger partial charge in [-0.05, 0) is 25.5 Å². The number of nitrogens with zero attached hydrogens (tertiary/aromatic N) is 1. The normalized spacial score (nSPS) is 20.9. The Balaban J connectivity index is 2.03. The van der Waals surface area contributed by atoms with Crippen molar-refractivity contribution in [3.05, 3.63) is 23.7 Å². The number of furan rings is 1. The zero-order chi connectivity index (χ0) is 10.8. The first-order valence-corrected chi connectivity index (χ1v) is 5.17. The number of rotatable bonds is 2. The topological polar surface area (TPSA) is 53.7 Å². The maximum Gasteiger partial charge on any atom is 0.289 e. The summed E-state index contributed by atoms with van der Waals surface area (Å²) in [5.41, 5.74) is 0. The Hall–Kier alpha value is -1.29. The van der Waals surface area contributed by atoms with E-state index in [4.69, 9.17) is 9.52 Å². The first kappa shape index (κ1) is 10.2. The first-order chi connectivity index (χ1) is 7.20. The molecular formula is C11H15NO3. The zero-order valence-electron chi connectivity index (χ0n) is 8.77. The van der Waals surface area contributed by atoms with Crippen LogP contribution in [0.3, 0.4) is 0 Å². The standard InChI is InChI=1S/C11H15NO3/c1-8-2-3-10(15-8)11(14)12-5-4-9(6-12)7-13/h2-3,9,13H,4-7H2,1H3. The van der Waals surface area contributed by atoms with Gasteiger partial charge in [0.15, 0.2) is 5.76 Å². The van der Waals surface area contributed by atoms with Crippen LogP contribution in [0.2, 0.25) is 0 Å². The predicted octanol–water partition coefficient (Wildman–Crippen LogP) is 1.04. The van der Waals surface area contributed by atoms with Crippen LogP contribution in [0.5, 0.6) is 0 Å². The Morgan fingerprint density at radius 2 is 2.47 bits per heavy atom. The van der Waals surface area contributed by atoms with Crippen LogP contribution in [0.15, 0.2) is 16.5 Å². The van der Waals surface area contributed by atoms with Gasteiger partial charge < -0.3 is 14.4 Å². The molecule has 1 unspecified atom stereocenters. The fraction of sp³-hybridized carbons (Fsp3) is 0.545. The molecule has 1 aromatic rings. The van der Waals surface area contributed by atoms with E-state index >= 15 is 0 Å². The molecule has 0 bridgehead atoms. The van der Waals surface area contributed by atoms with Crippen molar-refractivity contribution in [3.8, 4) is 0 Å². The molecule has 1 N–H and O–H groups in total. The molecule has 1 fully saturated rings. The van der Waals surface area contributed by atoms with E-state index in [9.17, 15) is 4.79 Å². The number of amides is 1. The van der Waals surface area contributed by atoms with Crippen LogP contribution >= 0.6 is 0 Å². The third-order valence-electron chi connectivity index (χ3n) is 2.78. The van der Waals surface area contributed by atoms with Gasteiger partial charge in [0.2, 0.25) is 0 Å². The van der Waals surface area contributed by atoms with E-state index in [1.165, 1.54) is 0 Å². The molecule has 82 valence electrons. The Morgan fingerprint density at radius 3 is 3.00 bits per heavy atom. The average molecular weight is 209 g/mol. The summed E-state index contributed by atoms with van der Waals surface area (Å²) in [5.74, 6) is 1.30. The summed E-state index contributed by atoms with van der Waals surface area (Å²) in [7, 11) is 0. The molecule has 0 aromatic carbocycles. The molecule has 0 spiro atoms. The number of hydrogen-bond acceptors (Lipinski definition) is 3. The van der Waals surface area contributed by atoms with Crippen molar-refractivity contribution < 1.29 is 14.3 Å². The highest BCUT2D eigenvalue weighted by Gasteiger charge is 2.27. The molecule has 15 heavy (non-hydrogen) atoms. The number of hydrogen-bond donors (Lipinski definition) is 1. The van der Waals surface area contributed by atoms with Gasteiger partial charge in [0.1, 0.15) is 5.76 Å². The second-order valence-electron chi connectivity index (χ2n) is 4.00. The van der Waals surface area contributed by atoms with Gasteiger partial charge >= 0.3 is 0 Å². The average Bonchev–Trinajstić information content (AvgIpc) is 2.84. The summed E-state index contributed by atoms with van der Waals surface area (Å²) in [6, 6.07) is 3.48. The van der Waals surface area contributed by atoms with Gasteiger partial charge in [0.05, 0.1) is 0 Å². The molecule has 2 rings (SSSR count). The highest BCUT2D eigenvalue weighted by atomic mass is 16.3. The van der Waals surface area contributed by atoms with Crippen LogP contribution in [-0.4, -0.2) is 35.6 Å². The second-order valence-corrected chi connectivity index (χ2v) is 4.00. The molecule has 1 aliphatic heterocycles. The molecule has 0 saturated carbocycles. The van der Waals surface area contributed by atoms with Crippen LogP contribution in [0.25, 0.3) is 0 Å². The van der Waals surface area contributed by atoms with Gasteiger partial charge in [0, 0.05) is 25.6 Å². The molecule has 0 radical (unpaired) electrons. The zero-order valence-corrected chi connectivity index (χ0v) is 8.77. The Morgan fingerprint density at radius 1 is 1.67 bits per heavy atom. The van der Waals surface area contributed by atoms with Gasteiger partial charge in [-0.15, -0.1) is 0 Å². The Bertz CT molecular complexity index is 358. The van der Waals surface area contributed by atoms with E-state index in [2.05, 4.69) is 0 Å². The van der Waals surface area contributed by atoms with E-state index in [1.807, 2.05) is 6.92 Å². The molecule has 1 aliphatic rings. The van der Waals surface area contributed by atoms with E-state index in [-0.39, 0.29) is 18.4 Å². The van der Waals surface area contributed by atoms with Crippen molar-refractivity contribution in [1.29, 1.82) is 0 Å². The molecule has 1 saturated heterocycles. The third kappa shape index (κ3) is 2.04. The van der Waals surface area contributed by atoms with Crippen molar-refractivity contribution in [3.63, 3.8) is 0 Å². The van der Waals surface area contributed by atoms with Gasteiger partial charge in [-0.2, -0.15) is 0 Å². The van der Waals surface area contributed by atoms with Crippen molar-refractivity contribution in [1.82, 2.24) is 4.90 Å². The fourth-order valence-corrected chi connectivity index (χ4v) is 1.87. The van der Waals surface area contributed by atoms with Crippen LogP contribution in [-0.2, 0) is 0 Å². The minimum atomic E-state index is -0.0703. The van der Waals surface area contributed by atoms with Gasteiger partial charge in [-0.25, -0.2) is 0 Å². The molecule has 4 nitrogen and oxygen atoms in total. The van der Waals surface area contributed by atoms with Crippen molar-refractivity contribution in [2.24, 2.45) is 5.92 Å². The lowest BCUT2D eigenvalue weighted by molar-refractivity contribution is 0.0749. The minimum absolute atomic E-state index is 0.0703. The maximum atomic E-state index is 11.9. The SMILES string of the molecule is Cc1ccc(C(=O)N2CCC(CO)C2)o1. The Kier molecular flexibility index (Phi) is 2.77. The molecular weight excluding hydrogens is 194 g/mol. The number of carbonyl (C=O) groups excluding carboxylic acids is 1. The van der Waals surface area contributed by atoms with Crippen molar-refractivity contribution in [2.45, 2.75) is 13.3 Å².